The molecule has 184 valence electrons. The fourth-order valence-electron chi connectivity index (χ4n) is 5.03. The number of rotatable bonds is 5. The number of carbonyl (C=O) groups excluding carboxylic acids is 1. The SMILES string of the molecule is CCOC(=O)C1=C(C)N=c2s/c(=C\c3c(C)n(CC)c4ccccc34)c(=O)n2[C@H]1c1ccc(C)cc1. The topological polar surface area (TPSA) is 65.6 Å². The predicted octanol–water partition coefficient (Wildman–Crippen LogP) is 4.39. The lowest BCUT2D eigenvalue weighted by Crippen LogP contribution is -2.39. The first kappa shape index (κ1) is 24.0. The quantitative estimate of drug-likeness (QED) is 0.383. The number of aryl methyl sites for hydroxylation is 2. The minimum atomic E-state index is -0.596. The highest BCUT2D eigenvalue weighted by atomic mass is 32.1. The Hall–Kier alpha value is -3.71. The number of aromatic nitrogens is 2. The molecule has 1 aliphatic rings. The highest BCUT2D eigenvalue weighted by Gasteiger charge is 2.33. The minimum absolute atomic E-state index is 0.161. The number of hydrogen-bond donors (Lipinski definition) is 0. The Kier molecular flexibility index (Phi) is 6.26. The van der Waals surface area contributed by atoms with Crippen LogP contribution in [0.25, 0.3) is 17.0 Å². The van der Waals surface area contributed by atoms with Crippen LogP contribution < -0.4 is 14.9 Å². The fraction of sp³-hybridized carbons (Fsp3) is 0.276. The zero-order valence-corrected chi connectivity index (χ0v) is 22.0. The summed E-state index contributed by atoms with van der Waals surface area (Å²) in [5.41, 5.74) is 6.07. The molecule has 0 aliphatic carbocycles. The summed E-state index contributed by atoms with van der Waals surface area (Å²) < 4.78 is 9.88. The molecule has 4 aromatic rings. The van der Waals surface area contributed by atoms with Crippen molar-refractivity contribution >= 4 is 34.3 Å². The van der Waals surface area contributed by atoms with E-state index >= 15 is 0 Å². The number of benzene rings is 2. The molecule has 1 atom stereocenters. The van der Waals surface area contributed by atoms with Crippen LogP contribution in [0.1, 0.15) is 49.2 Å². The number of hydrogen-bond acceptors (Lipinski definition) is 5. The number of thiazole rings is 1. The van der Waals surface area contributed by atoms with Crippen LogP contribution in [0.4, 0.5) is 0 Å². The van der Waals surface area contributed by atoms with E-state index < -0.39 is 12.0 Å². The maximum atomic E-state index is 13.9. The van der Waals surface area contributed by atoms with Crippen molar-refractivity contribution in [2.75, 3.05) is 6.61 Å². The van der Waals surface area contributed by atoms with Crippen LogP contribution in [0.2, 0.25) is 0 Å². The van der Waals surface area contributed by atoms with Gasteiger partial charge in [-0.1, -0.05) is 59.4 Å². The monoisotopic (exact) mass is 499 g/mol. The third kappa shape index (κ3) is 3.84. The first-order valence-electron chi connectivity index (χ1n) is 12.2. The van der Waals surface area contributed by atoms with Crippen molar-refractivity contribution in [3.8, 4) is 0 Å². The van der Waals surface area contributed by atoms with Crippen LogP contribution >= 0.6 is 11.3 Å². The molecule has 0 bridgehead atoms. The molecule has 0 N–H and O–H groups in total. The van der Waals surface area contributed by atoms with Gasteiger partial charge in [-0.3, -0.25) is 9.36 Å². The normalized spacial score (nSPS) is 15.8. The van der Waals surface area contributed by atoms with E-state index in [1.165, 1.54) is 11.3 Å². The van der Waals surface area contributed by atoms with Crippen molar-refractivity contribution in [3.05, 3.63) is 102 Å². The van der Waals surface area contributed by atoms with Crippen LogP contribution in [0.3, 0.4) is 0 Å². The van der Waals surface area contributed by atoms with Gasteiger partial charge in [0.2, 0.25) is 0 Å². The number of allylic oxidation sites excluding steroid dienone is 1. The Morgan fingerprint density at radius 3 is 2.50 bits per heavy atom. The van der Waals surface area contributed by atoms with Gasteiger partial charge in [0.1, 0.15) is 0 Å². The summed E-state index contributed by atoms with van der Waals surface area (Å²) >= 11 is 1.36. The number of esters is 1. The Bertz CT molecular complexity index is 1700. The van der Waals surface area contributed by atoms with Gasteiger partial charge in [0.25, 0.3) is 5.56 Å². The number of carbonyl (C=O) groups is 1. The second kappa shape index (κ2) is 9.39. The maximum absolute atomic E-state index is 13.9. The molecule has 36 heavy (non-hydrogen) atoms. The van der Waals surface area contributed by atoms with E-state index in [1.54, 1.807) is 11.5 Å². The molecule has 0 unspecified atom stereocenters. The van der Waals surface area contributed by atoms with Crippen LogP contribution in [-0.4, -0.2) is 21.7 Å². The third-order valence-corrected chi connectivity index (χ3v) is 7.76. The third-order valence-electron chi connectivity index (χ3n) is 6.78. The highest BCUT2D eigenvalue weighted by Crippen LogP contribution is 2.31. The average Bonchev–Trinajstić information content (AvgIpc) is 3.31. The summed E-state index contributed by atoms with van der Waals surface area (Å²) in [5.74, 6) is -0.444. The van der Waals surface area contributed by atoms with Gasteiger partial charge in [-0.2, -0.15) is 0 Å². The molecular weight excluding hydrogens is 470 g/mol. The number of fused-ring (bicyclic) bond motifs is 2. The standard InChI is InChI=1S/C29H29N3O3S/c1-6-31-19(5)22(21-10-8-9-11-23(21)31)16-24-27(33)32-26(20-14-12-17(3)13-15-20)25(28(34)35-7-2)18(4)30-29(32)36-24/h8-16,26H,6-7H2,1-5H3/b24-16-/t26-/m0/s1. The van der Waals surface area contributed by atoms with Gasteiger partial charge in [-0.15, -0.1) is 0 Å². The molecule has 0 saturated heterocycles. The van der Waals surface area contributed by atoms with Crippen molar-refractivity contribution in [1.82, 2.24) is 9.13 Å². The average molecular weight is 500 g/mol. The van der Waals surface area contributed by atoms with E-state index in [1.807, 2.05) is 56.3 Å². The summed E-state index contributed by atoms with van der Waals surface area (Å²) in [6.45, 7) is 10.9. The lowest BCUT2D eigenvalue weighted by molar-refractivity contribution is -0.139. The van der Waals surface area contributed by atoms with Gasteiger partial charge in [0.15, 0.2) is 4.80 Å². The van der Waals surface area contributed by atoms with Gasteiger partial charge >= 0.3 is 5.97 Å². The van der Waals surface area contributed by atoms with Gasteiger partial charge in [-0.25, -0.2) is 9.79 Å². The van der Waals surface area contributed by atoms with E-state index in [0.717, 1.165) is 39.8 Å². The van der Waals surface area contributed by atoms with E-state index in [4.69, 9.17) is 4.74 Å². The smallest absolute Gasteiger partial charge is 0.338 e. The number of nitrogens with zero attached hydrogens (tertiary/aromatic N) is 3. The first-order chi connectivity index (χ1) is 17.3. The Morgan fingerprint density at radius 2 is 1.81 bits per heavy atom. The summed E-state index contributed by atoms with van der Waals surface area (Å²) in [4.78, 5) is 32.2. The van der Waals surface area contributed by atoms with E-state index in [2.05, 4.69) is 35.5 Å². The molecule has 0 fully saturated rings. The number of ether oxygens (including phenoxy) is 1. The molecule has 3 heterocycles. The molecule has 6 nitrogen and oxygen atoms in total. The fourth-order valence-corrected chi connectivity index (χ4v) is 6.06. The van der Waals surface area contributed by atoms with Crippen molar-refractivity contribution in [2.24, 2.45) is 4.99 Å². The van der Waals surface area contributed by atoms with Crippen LogP contribution in [0.5, 0.6) is 0 Å². The maximum Gasteiger partial charge on any atom is 0.338 e. The van der Waals surface area contributed by atoms with Gasteiger partial charge < -0.3 is 9.30 Å². The van der Waals surface area contributed by atoms with Gasteiger partial charge in [-0.05, 0) is 52.3 Å². The van der Waals surface area contributed by atoms with Crippen molar-refractivity contribution in [1.29, 1.82) is 0 Å². The van der Waals surface area contributed by atoms with Crippen molar-refractivity contribution in [2.45, 2.75) is 47.2 Å². The highest BCUT2D eigenvalue weighted by molar-refractivity contribution is 7.07. The summed E-state index contributed by atoms with van der Waals surface area (Å²) in [6, 6.07) is 15.6. The molecule has 0 radical (unpaired) electrons. The second-order valence-corrected chi connectivity index (χ2v) is 9.98. The minimum Gasteiger partial charge on any atom is -0.463 e. The molecule has 0 spiro atoms. The molecule has 2 aromatic heterocycles. The van der Waals surface area contributed by atoms with Crippen molar-refractivity contribution in [3.63, 3.8) is 0 Å². The molecule has 5 rings (SSSR count). The van der Waals surface area contributed by atoms with Gasteiger partial charge in [0, 0.05) is 28.7 Å². The molecule has 2 aromatic carbocycles. The Labute approximate surface area is 213 Å². The van der Waals surface area contributed by atoms with E-state index in [0.29, 0.717) is 20.6 Å². The zero-order valence-electron chi connectivity index (χ0n) is 21.2. The predicted molar refractivity (Wildman–Crippen MR) is 144 cm³/mol. The first-order valence-corrected chi connectivity index (χ1v) is 13.0. The molecule has 0 amide bonds. The summed E-state index contributed by atoms with van der Waals surface area (Å²) in [6.07, 6.45) is 1.98. The van der Waals surface area contributed by atoms with Gasteiger partial charge in [0.05, 0.1) is 28.5 Å². The second-order valence-electron chi connectivity index (χ2n) is 8.97. The van der Waals surface area contributed by atoms with E-state index in [9.17, 15) is 9.59 Å². The molecule has 1 aliphatic heterocycles. The summed E-state index contributed by atoms with van der Waals surface area (Å²) in [7, 11) is 0. The van der Waals surface area contributed by atoms with Crippen LogP contribution in [0, 0.1) is 13.8 Å². The lowest BCUT2D eigenvalue weighted by Gasteiger charge is -2.24. The van der Waals surface area contributed by atoms with Crippen LogP contribution in [-0.2, 0) is 16.1 Å². The lowest BCUT2D eigenvalue weighted by atomic mass is 9.95. The number of para-hydroxylation sites is 1. The molecule has 7 heteroatoms. The van der Waals surface area contributed by atoms with E-state index in [-0.39, 0.29) is 12.2 Å². The molecular formula is C29H29N3O3S. The Balaban J connectivity index is 1.77. The Morgan fingerprint density at radius 1 is 1.08 bits per heavy atom. The van der Waals surface area contributed by atoms with Crippen LogP contribution in [0.15, 0.2) is 69.6 Å². The largest absolute Gasteiger partial charge is 0.463 e. The summed E-state index contributed by atoms with van der Waals surface area (Å²) in [5, 5.41) is 1.11. The zero-order chi connectivity index (χ0) is 25.6. The molecule has 0 saturated carbocycles. The van der Waals surface area contributed by atoms with Crippen molar-refractivity contribution < 1.29 is 9.53 Å².